The predicted molar refractivity (Wildman–Crippen MR) is 96.0 cm³/mol. The van der Waals surface area contributed by atoms with Gasteiger partial charge in [-0.15, -0.1) is 0 Å². The number of hydrogen-bond acceptors (Lipinski definition) is 3. The first-order valence-electron chi connectivity index (χ1n) is 8.16. The van der Waals surface area contributed by atoms with E-state index in [0.29, 0.717) is 17.9 Å². The number of rotatable bonds is 7. The fraction of sp³-hybridized carbons (Fsp3) is 0.263. The molecular weight excluding hydrogens is 318 g/mol. The summed E-state index contributed by atoms with van der Waals surface area (Å²) in [5, 5.41) is 5.48. The van der Waals surface area contributed by atoms with Crippen molar-refractivity contribution in [2.75, 3.05) is 27.2 Å². The Morgan fingerprint density at radius 3 is 2.48 bits per heavy atom. The lowest BCUT2D eigenvalue weighted by Crippen LogP contribution is -3.06. The van der Waals surface area contributed by atoms with Crippen LogP contribution in [-0.2, 0) is 4.79 Å². The second-order valence-corrected chi connectivity index (χ2v) is 6.11. The zero-order chi connectivity index (χ0) is 18.2. The van der Waals surface area contributed by atoms with E-state index in [4.69, 9.17) is 4.42 Å². The van der Waals surface area contributed by atoms with Gasteiger partial charge < -0.3 is 20.0 Å². The minimum Gasteiger partial charge on any atom is -0.465 e. The summed E-state index contributed by atoms with van der Waals surface area (Å²) in [4.78, 5) is 26.1. The summed E-state index contributed by atoms with van der Waals surface area (Å²) in [6.07, 6.45) is 3.03. The average Bonchev–Trinajstić information content (AvgIpc) is 3.07. The molecule has 0 spiro atoms. The van der Waals surface area contributed by atoms with Crippen molar-refractivity contribution in [2.45, 2.75) is 6.92 Å². The van der Waals surface area contributed by atoms with Gasteiger partial charge in [-0.3, -0.25) is 9.59 Å². The van der Waals surface area contributed by atoms with Crippen molar-refractivity contribution in [1.29, 1.82) is 0 Å². The second-order valence-electron chi connectivity index (χ2n) is 6.11. The molecule has 1 aromatic heterocycles. The summed E-state index contributed by atoms with van der Waals surface area (Å²) in [6, 6.07) is 10.6. The number of amides is 2. The van der Waals surface area contributed by atoms with Crippen LogP contribution in [0.4, 0.5) is 0 Å². The number of quaternary nitrogens is 1. The topological polar surface area (TPSA) is 75.8 Å². The Morgan fingerprint density at radius 1 is 1.16 bits per heavy atom. The highest BCUT2D eigenvalue weighted by atomic mass is 16.3. The van der Waals surface area contributed by atoms with Crippen LogP contribution in [-0.4, -0.2) is 39.0 Å². The molecule has 6 nitrogen and oxygen atoms in total. The maximum Gasteiger partial charge on any atom is 0.268 e. The van der Waals surface area contributed by atoms with Gasteiger partial charge in [-0.2, -0.15) is 0 Å². The summed E-state index contributed by atoms with van der Waals surface area (Å²) in [7, 11) is 4.01. The number of furan rings is 1. The van der Waals surface area contributed by atoms with Crippen LogP contribution in [0.1, 0.15) is 21.7 Å². The van der Waals surface area contributed by atoms with Crippen molar-refractivity contribution >= 4 is 17.9 Å². The van der Waals surface area contributed by atoms with Crippen LogP contribution in [0.25, 0.3) is 6.08 Å². The molecule has 2 rings (SSSR count). The Morgan fingerprint density at radius 2 is 1.88 bits per heavy atom. The summed E-state index contributed by atoms with van der Waals surface area (Å²) >= 11 is 0. The van der Waals surface area contributed by atoms with Gasteiger partial charge in [0, 0.05) is 11.6 Å². The van der Waals surface area contributed by atoms with E-state index < -0.39 is 0 Å². The maximum atomic E-state index is 12.4. The third-order valence-electron chi connectivity index (χ3n) is 3.55. The smallest absolute Gasteiger partial charge is 0.268 e. The number of nitrogens with one attached hydrogen (secondary N) is 3. The molecular formula is C19H24N3O3+. The van der Waals surface area contributed by atoms with E-state index in [2.05, 4.69) is 10.6 Å². The number of carbonyl (C=O) groups is 2. The molecule has 0 atom stereocenters. The molecule has 2 aromatic rings. The Hall–Kier alpha value is -2.86. The molecule has 132 valence electrons. The first kappa shape index (κ1) is 18.5. The minimum absolute atomic E-state index is 0.147. The summed E-state index contributed by atoms with van der Waals surface area (Å²) in [5.41, 5.74) is 1.70. The number of likely N-dealkylation sites (N-methyl/N-ethyl adjacent to an activating group) is 1. The molecule has 0 radical (unpaired) electrons. The highest BCUT2D eigenvalue weighted by Gasteiger charge is 2.15. The van der Waals surface area contributed by atoms with E-state index in [1.807, 2.05) is 33.2 Å². The van der Waals surface area contributed by atoms with Gasteiger partial charge in [-0.25, -0.2) is 0 Å². The summed E-state index contributed by atoms with van der Waals surface area (Å²) in [6.45, 7) is 3.24. The molecule has 0 aliphatic heterocycles. The number of benzene rings is 1. The molecule has 1 heterocycles. The quantitative estimate of drug-likeness (QED) is 0.646. The van der Waals surface area contributed by atoms with Gasteiger partial charge >= 0.3 is 0 Å². The molecule has 0 fully saturated rings. The minimum atomic E-state index is -0.349. The summed E-state index contributed by atoms with van der Waals surface area (Å²) in [5.74, 6) is -0.197. The first-order chi connectivity index (χ1) is 12.0. The van der Waals surface area contributed by atoms with Crippen molar-refractivity contribution in [2.24, 2.45) is 0 Å². The van der Waals surface area contributed by atoms with E-state index in [1.165, 1.54) is 17.2 Å². The van der Waals surface area contributed by atoms with Crippen LogP contribution in [0.15, 0.2) is 52.8 Å². The zero-order valence-electron chi connectivity index (χ0n) is 14.8. The van der Waals surface area contributed by atoms with Gasteiger partial charge in [0.25, 0.3) is 11.8 Å². The van der Waals surface area contributed by atoms with Gasteiger partial charge in [0.2, 0.25) is 0 Å². The van der Waals surface area contributed by atoms with Gasteiger partial charge in [0.1, 0.15) is 11.5 Å². The fourth-order valence-electron chi connectivity index (χ4n) is 2.09. The van der Waals surface area contributed by atoms with Crippen molar-refractivity contribution in [3.63, 3.8) is 0 Å². The van der Waals surface area contributed by atoms with E-state index in [1.54, 1.807) is 24.3 Å². The molecule has 0 saturated carbocycles. The molecule has 0 bridgehead atoms. The molecule has 0 unspecified atom stereocenters. The fourth-order valence-corrected chi connectivity index (χ4v) is 2.09. The molecule has 0 aliphatic rings. The maximum absolute atomic E-state index is 12.4. The highest BCUT2D eigenvalue weighted by Crippen LogP contribution is 2.08. The number of hydrogen-bond donors (Lipinski definition) is 3. The molecule has 25 heavy (non-hydrogen) atoms. The SMILES string of the molecule is Cc1ccc(C(=O)N/C(=C\c2ccco2)C(=O)NCC[NH+](C)C)cc1. The van der Waals surface area contributed by atoms with Crippen LogP contribution in [0.3, 0.4) is 0 Å². The van der Waals surface area contributed by atoms with E-state index in [-0.39, 0.29) is 17.5 Å². The van der Waals surface area contributed by atoms with Gasteiger partial charge in [0.15, 0.2) is 0 Å². The van der Waals surface area contributed by atoms with E-state index in [0.717, 1.165) is 12.1 Å². The monoisotopic (exact) mass is 342 g/mol. The largest absolute Gasteiger partial charge is 0.465 e. The highest BCUT2D eigenvalue weighted by molar-refractivity contribution is 6.05. The first-order valence-corrected chi connectivity index (χ1v) is 8.16. The van der Waals surface area contributed by atoms with Gasteiger partial charge in [-0.1, -0.05) is 17.7 Å². The molecule has 0 aliphatic carbocycles. The standard InChI is InChI=1S/C19H23N3O3/c1-14-6-8-15(9-7-14)18(23)21-17(13-16-5-4-12-25-16)19(24)20-10-11-22(2)3/h4-9,12-13H,10-11H2,1-3H3,(H,20,24)(H,21,23)/p+1/b17-13-. The van der Waals surface area contributed by atoms with Crippen LogP contribution >= 0.6 is 0 Å². The third-order valence-corrected chi connectivity index (χ3v) is 3.55. The normalized spacial score (nSPS) is 11.4. The van der Waals surface area contributed by atoms with Crippen molar-refractivity contribution in [1.82, 2.24) is 10.6 Å². The molecule has 6 heteroatoms. The molecule has 1 aromatic carbocycles. The lowest BCUT2D eigenvalue weighted by molar-refractivity contribution is -0.856. The third kappa shape index (κ3) is 5.93. The summed E-state index contributed by atoms with van der Waals surface area (Å²) < 4.78 is 5.25. The zero-order valence-corrected chi connectivity index (χ0v) is 14.8. The van der Waals surface area contributed by atoms with Crippen molar-refractivity contribution < 1.29 is 18.9 Å². The van der Waals surface area contributed by atoms with Crippen LogP contribution < -0.4 is 15.5 Å². The molecule has 3 N–H and O–H groups in total. The Bertz CT molecular complexity index is 732. The van der Waals surface area contributed by atoms with E-state index >= 15 is 0 Å². The predicted octanol–water partition coefficient (Wildman–Crippen LogP) is 0.620. The lowest BCUT2D eigenvalue weighted by atomic mass is 10.1. The Kier molecular flexibility index (Phi) is 6.54. The van der Waals surface area contributed by atoms with Crippen molar-refractivity contribution in [3.8, 4) is 0 Å². The Labute approximate surface area is 147 Å². The lowest BCUT2D eigenvalue weighted by Gasteiger charge is -2.12. The Balaban J connectivity index is 2.12. The molecule has 2 amide bonds. The second kappa shape index (κ2) is 8.84. The number of aryl methyl sites for hydroxylation is 1. The average molecular weight is 342 g/mol. The number of carbonyl (C=O) groups excluding carboxylic acids is 2. The van der Waals surface area contributed by atoms with Crippen molar-refractivity contribution in [3.05, 3.63) is 65.2 Å². The van der Waals surface area contributed by atoms with Crippen LogP contribution in [0, 0.1) is 6.92 Å². The van der Waals surface area contributed by atoms with E-state index in [9.17, 15) is 9.59 Å². The van der Waals surface area contributed by atoms with Gasteiger partial charge in [-0.05, 0) is 31.2 Å². The van der Waals surface area contributed by atoms with Crippen LogP contribution in [0.2, 0.25) is 0 Å². The van der Waals surface area contributed by atoms with Gasteiger partial charge in [0.05, 0.1) is 33.4 Å². The van der Waals surface area contributed by atoms with Crippen LogP contribution in [0.5, 0.6) is 0 Å². The molecule has 0 saturated heterocycles.